The number of hydrogen-bond donors (Lipinski definition) is 0. The van der Waals surface area contributed by atoms with E-state index in [2.05, 4.69) is 15.1 Å². The Hall–Kier alpha value is -3.10. The molecule has 9 nitrogen and oxygen atoms in total. The number of hydrazone groups is 1. The van der Waals surface area contributed by atoms with Crippen LogP contribution in [0.2, 0.25) is 0 Å². The predicted molar refractivity (Wildman–Crippen MR) is 78.0 cm³/mol. The standard InChI is InChI=1S/C14H12N4O5/c1-7-4-3-5-8(6-7)17-12(19)9-10(14(21)23-2)15-18(16-22)11(9)13(17)20/h3-6,9,11H,1-2H3/t9-,11+/m0/s1. The lowest BCUT2D eigenvalue weighted by Gasteiger charge is -2.17. The summed E-state index contributed by atoms with van der Waals surface area (Å²) < 4.78 is 4.56. The number of rotatable bonds is 3. The van der Waals surface area contributed by atoms with Crippen molar-refractivity contribution < 1.29 is 19.1 Å². The summed E-state index contributed by atoms with van der Waals surface area (Å²) in [5, 5.41) is 6.80. The maximum Gasteiger partial charge on any atom is 0.355 e. The van der Waals surface area contributed by atoms with E-state index in [-0.39, 0.29) is 5.71 Å². The van der Waals surface area contributed by atoms with Gasteiger partial charge in [-0.05, 0) is 24.6 Å². The summed E-state index contributed by atoms with van der Waals surface area (Å²) in [6, 6.07) is 5.51. The first-order valence-electron chi connectivity index (χ1n) is 6.73. The van der Waals surface area contributed by atoms with Gasteiger partial charge in [0.25, 0.3) is 5.91 Å². The van der Waals surface area contributed by atoms with Gasteiger partial charge in [-0.2, -0.15) is 0 Å². The fourth-order valence-corrected chi connectivity index (χ4v) is 2.75. The molecular weight excluding hydrogens is 304 g/mol. The third-order valence-electron chi connectivity index (χ3n) is 3.77. The van der Waals surface area contributed by atoms with Gasteiger partial charge in [0, 0.05) is 0 Å². The molecule has 2 aliphatic heterocycles. The molecule has 1 aromatic carbocycles. The summed E-state index contributed by atoms with van der Waals surface area (Å²) in [4.78, 5) is 48.8. The Morgan fingerprint density at radius 1 is 1.30 bits per heavy atom. The summed E-state index contributed by atoms with van der Waals surface area (Å²) in [5.74, 6) is -3.37. The molecule has 0 spiro atoms. The van der Waals surface area contributed by atoms with Gasteiger partial charge in [-0.15, -0.1) is 15.1 Å². The number of amides is 2. The van der Waals surface area contributed by atoms with Crippen LogP contribution in [-0.2, 0) is 19.1 Å². The number of benzene rings is 1. The number of carbonyl (C=O) groups is 3. The van der Waals surface area contributed by atoms with Crippen LogP contribution in [0.5, 0.6) is 0 Å². The van der Waals surface area contributed by atoms with Crippen LogP contribution in [-0.4, -0.2) is 41.8 Å². The number of esters is 1. The molecule has 0 unspecified atom stereocenters. The van der Waals surface area contributed by atoms with Crippen LogP contribution < -0.4 is 4.90 Å². The van der Waals surface area contributed by atoms with E-state index in [0.29, 0.717) is 10.8 Å². The highest BCUT2D eigenvalue weighted by molar-refractivity contribution is 6.46. The SMILES string of the molecule is COC(=O)C1=NN(N=O)[C@H]2C(=O)N(c3cccc(C)c3)C(=O)[C@@H]12. The van der Waals surface area contributed by atoms with Crippen LogP contribution >= 0.6 is 0 Å². The molecule has 0 aromatic heterocycles. The van der Waals surface area contributed by atoms with E-state index >= 15 is 0 Å². The normalized spacial score (nSPS) is 23.0. The zero-order valence-corrected chi connectivity index (χ0v) is 12.3. The lowest BCUT2D eigenvalue weighted by Crippen LogP contribution is -2.36. The van der Waals surface area contributed by atoms with E-state index in [1.807, 2.05) is 13.0 Å². The second-order valence-electron chi connectivity index (χ2n) is 5.15. The van der Waals surface area contributed by atoms with Gasteiger partial charge in [-0.1, -0.05) is 12.1 Å². The zero-order chi connectivity index (χ0) is 16.7. The average molecular weight is 316 g/mol. The van der Waals surface area contributed by atoms with Crippen molar-refractivity contribution in [3.8, 4) is 0 Å². The van der Waals surface area contributed by atoms with Crippen LogP contribution in [0.4, 0.5) is 5.69 Å². The van der Waals surface area contributed by atoms with Gasteiger partial charge in [0.2, 0.25) is 5.91 Å². The Balaban J connectivity index is 2.05. The highest BCUT2D eigenvalue weighted by Gasteiger charge is 2.59. The van der Waals surface area contributed by atoms with Gasteiger partial charge in [0.15, 0.2) is 11.8 Å². The van der Waals surface area contributed by atoms with Gasteiger partial charge < -0.3 is 4.74 Å². The summed E-state index contributed by atoms with van der Waals surface area (Å²) >= 11 is 0. The minimum absolute atomic E-state index is 0.300. The Kier molecular flexibility index (Phi) is 3.40. The van der Waals surface area contributed by atoms with Crippen molar-refractivity contribution in [3.63, 3.8) is 0 Å². The molecule has 2 aliphatic rings. The molecule has 2 atom stereocenters. The van der Waals surface area contributed by atoms with E-state index in [1.165, 1.54) is 0 Å². The van der Waals surface area contributed by atoms with Crippen LogP contribution in [0.15, 0.2) is 34.7 Å². The van der Waals surface area contributed by atoms with E-state index in [1.54, 1.807) is 18.2 Å². The third kappa shape index (κ3) is 2.08. The number of nitrogens with zero attached hydrogens (tertiary/aromatic N) is 4. The average Bonchev–Trinajstić information content (AvgIpc) is 3.04. The largest absolute Gasteiger partial charge is 0.464 e. The van der Waals surface area contributed by atoms with Crippen molar-refractivity contribution in [2.24, 2.45) is 16.3 Å². The third-order valence-corrected chi connectivity index (χ3v) is 3.77. The fourth-order valence-electron chi connectivity index (χ4n) is 2.75. The van der Waals surface area contributed by atoms with E-state index in [4.69, 9.17) is 0 Å². The topological polar surface area (TPSA) is 109 Å². The minimum Gasteiger partial charge on any atom is -0.464 e. The van der Waals surface area contributed by atoms with Gasteiger partial charge in [-0.25, -0.2) is 9.69 Å². The van der Waals surface area contributed by atoms with Crippen molar-refractivity contribution in [2.75, 3.05) is 12.0 Å². The van der Waals surface area contributed by atoms with Crippen LogP contribution in [0, 0.1) is 17.7 Å². The van der Waals surface area contributed by atoms with Crippen molar-refractivity contribution in [3.05, 3.63) is 34.7 Å². The number of aryl methyl sites for hydroxylation is 1. The van der Waals surface area contributed by atoms with Gasteiger partial charge in [0.05, 0.1) is 18.1 Å². The molecule has 3 rings (SSSR count). The van der Waals surface area contributed by atoms with Gasteiger partial charge >= 0.3 is 5.97 Å². The van der Waals surface area contributed by atoms with E-state index < -0.39 is 29.7 Å². The molecule has 0 bridgehead atoms. The van der Waals surface area contributed by atoms with E-state index in [0.717, 1.165) is 17.6 Å². The van der Waals surface area contributed by atoms with Crippen LogP contribution in [0.1, 0.15) is 5.56 Å². The molecule has 0 N–H and O–H groups in total. The highest BCUT2D eigenvalue weighted by atomic mass is 16.5. The molecule has 1 fully saturated rings. The first kappa shape index (κ1) is 14.8. The smallest absolute Gasteiger partial charge is 0.355 e. The lowest BCUT2D eigenvalue weighted by molar-refractivity contribution is -0.133. The molecule has 0 radical (unpaired) electrons. The number of carbonyl (C=O) groups excluding carboxylic acids is 3. The quantitative estimate of drug-likeness (QED) is 0.453. The number of methoxy groups -OCH3 is 1. The van der Waals surface area contributed by atoms with Crippen LogP contribution in [0.25, 0.3) is 0 Å². The van der Waals surface area contributed by atoms with Crippen molar-refractivity contribution in [1.29, 1.82) is 0 Å². The Morgan fingerprint density at radius 3 is 2.65 bits per heavy atom. The predicted octanol–water partition coefficient (Wildman–Crippen LogP) is 0.379. The first-order valence-corrected chi connectivity index (χ1v) is 6.73. The summed E-state index contributed by atoms with van der Waals surface area (Å²) in [5.41, 5.74) is 0.919. The maximum absolute atomic E-state index is 12.6. The summed E-state index contributed by atoms with van der Waals surface area (Å²) in [6.07, 6.45) is 0. The molecule has 1 aromatic rings. The minimum atomic E-state index is -1.25. The van der Waals surface area contributed by atoms with Crippen LogP contribution in [0.3, 0.4) is 0 Å². The molecule has 118 valence electrons. The molecule has 2 amide bonds. The van der Waals surface area contributed by atoms with Gasteiger partial charge in [-0.3, -0.25) is 9.59 Å². The number of anilines is 1. The maximum atomic E-state index is 12.6. The number of ether oxygens (including phenoxy) is 1. The molecule has 2 heterocycles. The molecule has 23 heavy (non-hydrogen) atoms. The second kappa shape index (κ2) is 5.27. The Bertz CT molecular complexity index is 759. The lowest BCUT2D eigenvalue weighted by atomic mass is 9.98. The van der Waals surface area contributed by atoms with Crippen molar-refractivity contribution in [1.82, 2.24) is 5.12 Å². The Labute approximate surface area is 130 Å². The second-order valence-corrected chi connectivity index (χ2v) is 5.15. The molecule has 0 saturated carbocycles. The summed E-state index contributed by atoms with van der Waals surface area (Å²) in [7, 11) is 1.12. The fraction of sp³-hybridized carbons (Fsp3) is 0.286. The molecule has 1 saturated heterocycles. The number of nitroso groups, excluding NO2 is 1. The Morgan fingerprint density at radius 2 is 2.04 bits per heavy atom. The number of hydrogen-bond acceptors (Lipinski definition) is 7. The molecular formula is C14H12N4O5. The first-order chi connectivity index (χ1) is 11.0. The van der Waals surface area contributed by atoms with Crippen molar-refractivity contribution in [2.45, 2.75) is 13.0 Å². The highest BCUT2D eigenvalue weighted by Crippen LogP contribution is 2.35. The molecule has 0 aliphatic carbocycles. The number of imide groups is 1. The number of fused-ring (bicyclic) bond motifs is 1. The van der Waals surface area contributed by atoms with Gasteiger partial charge in [0.1, 0.15) is 5.92 Å². The summed E-state index contributed by atoms with van der Waals surface area (Å²) in [6.45, 7) is 1.82. The monoisotopic (exact) mass is 316 g/mol. The van der Waals surface area contributed by atoms with Crippen molar-refractivity contribution >= 4 is 29.2 Å². The molecule has 9 heteroatoms. The zero-order valence-electron chi connectivity index (χ0n) is 12.3. The van der Waals surface area contributed by atoms with E-state index in [9.17, 15) is 19.3 Å².